The Bertz CT molecular complexity index is 17.1. The first-order chi connectivity index (χ1) is 2.41. The maximum absolute atomic E-state index is 4.60. The van der Waals surface area contributed by atoms with Crippen LogP contribution >= 0.6 is 45.3 Å². The molecule has 0 rings (SSSR count). The van der Waals surface area contributed by atoms with Crippen LogP contribution in [-0.2, 0) is 4.18 Å². The van der Waals surface area contributed by atoms with E-state index < -0.39 is 0 Å². The fourth-order valence-corrected chi connectivity index (χ4v) is 1.20. The third-order valence-electron chi connectivity index (χ3n) is 0.0972. The van der Waals surface area contributed by atoms with E-state index in [4.69, 9.17) is 0 Å². The van der Waals surface area contributed by atoms with Gasteiger partial charge in [-0.1, -0.05) is 34.3 Å². The second-order valence-corrected chi connectivity index (χ2v) is 1.76. The van der Waals surface area contributed by atoms with E-state index in [1.165, 1.54) is 0 Å². The standard InChI is InChI=1S/CH3IOS2/c2-1-3-5-4/h4H,1H2. The molecule has 0 bridgehead atoms. The van der Waals surface area contributed by atoms with Gasteiger partial charge in [0.15, 0.2) is 0 Å². The minimum atomic E-state index is 0.700. The molecular formula is CH3IOS2. The number of halogens is 1. The van der Waals surface area contributed by atoms with E-state index >= 15 is 0 Å². The van der Waals surface area contributed by atoms with Crippen molar-refractivity contribution >= 4 is 45.3 Å². The van der Waals surface area contributed by atoms with Crippen LogP contribution in [0, 0.1) is 0 Å². The normalized spacial score (nSPS) is 8.40. The summed E-state index contributed by atoms with van der Waals surface area (Å²) in [6, 6.07) is 0. The fraction of sp³-hybridized carbons (Fsp3) is 1.00. The highest BCUT2D eigenvalue weighted by Gasteiger charge is 1.68. The molecule has 5 heavy (non-hydrogen) atoms. The van der Waals surface area contributed by atoms with E-state index in [-0.39, 0.29) is 0 Å². The molecule has 0 fully saturated rings. The molecule has 0 aromatic carbocycles. The van der Waals surface area contributed by atoms with Crippen molar-refractivity contribution in [2.24, 2.45) is 0 Å². The van der Waals surface area contributed by atoms with Crippen LogP contribution in [0.25, 0.3) is 0 Å². The summed E-state index contributed by atoms with van der Waals surface area (Å²) in [6.45, 7) is 0. The summed E-state index contributed by atoms with van der Waals surface area (Å²) in [5, 5.41) is 0. The molecule has 0 unspecified atom stereocenters. The van der Waals surface area contributed by atoms with Gasteiger partial charge in [-0.25, -0.2) is 0 Å². The Morgan fingerprint density at radius 3 is 2.60 bits per heavy atom. The maximum Gasteiger partial charge on any atom is 0.114 e. The zero-order valence-electron chi connectivity index (χ0n) is 2.35. The molecule has 0 spiro atoms. The summed E-state index contributed by atoms with van der Waals surface area (Å²) in [4.78, 5) is 0. The number of hydrogen-bond donors (Lipinski definition) is 1. The smallest absolute Gasteiger partial charge is 0.114 e. The third-order valence-corrected chi connectivity index (χ3v) is 1.37. The molecule has 0 aromatic rings. The van der Waals surface area contributed by atoms with Crippen molar-refractivity contribution in [2.45, 2.75) is 0 Å². The molecule has 0 saturated carbocycles. The molecule has 0 aromatic heterocycles. The van der Waals surface area contributed by atoms with E-state index in [0.717, 1.165) is 11.1 Å². The van der Waals surface area contributed by atoms with E-state index in [2.05, 4.69) is 38.4 Å². The highest BCUT2D eigenvalue weighted by atomic mass is 127. The van der Waals surface area contributed by atoms with Gasteiger partial charge >= 0.3 is 0 Å². The Labute approximate surface area is 54.0 Å². The van der Waals surface area contributed by atoms with Gasteiger partial charge in [-0.15, -0.1) is 0 Å². The molecule has 32 valence electrons. The van der Waals surface area contributed by atoms with Crippen LogP contribution in [0.4, 0.5) is 0 Å². The summed E-state index contributed by atoms with van der Waals surface area (Å²) in [7, 11) is 0. The predicted molar refractivity (Wildman–Crippen MR) is 36.5 cm³/mol. The van der Waals surface area contributed by atoms with E-state index in [0.29, 0.717) is 4.61 Å². The quantitative estimate of drug-likeness (QED) is 0.251. The van der Waals surface area contributed by atoms with Crippen molar-refractivity contribution in [3.05, 3.63) is 0 Å². The molecule has 0 atom stereocenters. The largest absolute Gasteiger partial charge is 0.295 e. The van der Waals surface area contributed by atoms with Gasteiger partial charge in [0.1, 0.15) is 4.61 Å². The third kappa shape index (κ3) is 5.39. The van der Waals surface area contributed by atoms with E-state index in [1.807, 2.05) is 0 Å². The van der Waals surface area contributed by atoms with Crippen molar-refractivity contribution in [1.29, 1.82) is 0 Å². The Morgan fingerprint density at radius 2 is 2.60 bits per heavy atom. The lowest BCUT2D eigenvalue weighted by atomic mass is 11.8. The van der Waals surface area contributed by atoms with Crippen LogP contribution in [0.15, 0.2) is 0 Å². The summed E-state index contributed by atoms with van der Waals surface area (Å²) >= 11 is 6.87. The topological polar surface area (TPSA) is 9.23 Å². The monoisotopic (exact) mass is 222 g/mol. The van der Waals surface area contributed by atoms with E-state index in [1.54, 1.807) is 0 Å². The summed E-state index contributed by atoms with van der Waals surface area (Å²) < 4.78 is 5.30. The molecule has 0 amide bonds. The number of alkyl halides is 1. The molecule has 0 radical (unpaired) electrons. The molecule has 0 N–H and O–H groups in total. The zero-order chi connectivity index (χ0) is 4.12. The highest BCUT2D eigenvalue weighted by molar-refractivity contribution is 14.1. The first-order valence-corrected chi connectivity index (χ1v) is 4.22. The van der Waals surface area contributed by atoms with Gasteiger partial charge in [0.2, 0.25) is 0 Å². The van der Waals surface area contributed by atoms with Gasteiger partial charge in [-0.05, 0) is 0 Å². The minimum absolute atomic E-state index is 0.700. The van der Waals surface area contributed by atoms with Gasteiger partial charge in [-0.2, -0.15) is 0 Å². The van der Waals surface area contributed by atoms with Crippen LogP contribution in [0.1, 0.15) is 0 Å². The number of thiol groups is 1. The number of hydrogen-bond acceptors (Lipinski definition) is 3. The average Bonchev–Trinajstić information content (AvgIpc) is 1.41. The molecule has 4 heteroatoms. The van der Waals surface area contributed by atoms with Crippen molar-refractivity contribution in [2.75, 3.05) is 4.61 Å². The van der Waals surface area contributed by atoms with Crippen molar-refractivity contribution in [1.82, 2.24) is 0 Å². The fourth-order valence-electron chi connectivity index (χ4n) is 0.0199. The summed E-state index contributed by atoms with van der Waals surface area (Å²) in [5.74, 6) is 0. The Morgan fingerprint density at radius 1 is 2.00 bits per heavy atom. The van der Waals surface area contributed by atoms with Crippen LogP contribution in [0.3, 0.4) is 0 Å². The first kappa shape index (κ1) is 6.39. The molecular weight excluding hydrogens is 219 g/mol. The van der Waals surface area contributed by atoms with Gasteiger partial charge < -0.3 is 0 Å². The lowest BCUT2D eigenvalue weighted by Gasteiger charge is -1.81. The predicted octanol–water partition coefficient (Wildman–Crippen LogP) is 1.89. The highest BCUT2D eigenvalue weighted by Crippen LogP contribution is 2.06. The van der Waals surface area contributed by atoms with Gasteiger partial charge in [0, 0.05) is 0 Å². The lowest BCUT2D eigenvalue weighted by molar-refractivity contribution is 0.486. The Balaban J connectivity index is 2.19. The number of rotatable bonds is 2. The molecule has 0 aliphatic rings. The van der Waals surface area contributed by atoms with Crippen LogP contribution in [-0.4, -0.2) is 4.61 Å². The van der Waals surface area contributed by atoms with Crippen LogP contribution in [0.2, 0.25) is 0 Å². The van der Waals surface area contributed by atoms with Crippen molar-refractivity contribution in [3.8, 4) is 0 Å². The van der Waals surface area contributed by atoms with Gasteiger partial charge in [0.05, 0.1) is 11.1 Å². The molecule has 1 nitrogen and oxygen atoms in total. The van der Waals surface area contributed by atoms with E-state index in [9.17, 15) is 0 Å². The molecule has 0 heterocycles. The molecule has 0 saturated heterocycles. The molecule has 0 aliphatic carbocycles. The molecule has 0 aliphatic heterocycles. The van der Waals surface area contributed by atoms with Crippen molar-refractivity contribution < 1.29 is 4.18 Å². The second kappa shape index (κ2) is 5.39. The summed E-state index contributed by atoms with van der Waals surface area (Å²) in [6.07, 6.45) is 0. The average molecular weight is 222 g/mol. The first-order valence-electron chi connectivity index (χ1n) is 0.905. The SMILES string of the molecule is SSOCI. The Hall–Kier alpha value is 1.39. The lowest BCUT2D eigenvalue weighted by Crippen LogP contribution is -1.61. The van der Waals surface area contributed by atoms with Crippen LogP contribution < -0.4 is 0 Å². The second-order valence-electron chi connectivity index (χ2n) is 0.301. The Kier molecular flexibility index (Phi) is 6.89. The zero-order valence-corrected chi connectivity index (χ0v) is 6.22. The van der Waals surface area contributed by atoms with Crippen molar-refractivity contribution in [3.63, 3.8) is 0 Å². The summed E-state index contributed by atoms with van der Waals surface area (Å²) in [5.41, 5.74) is 0. The van der Waals surface area contributed by atoms with Gasteiger partial charge in [0.25, 0.3) is 0 Å². The maximum atomic E-state index is 4.60. The van der Waals surface area contributed by atoms with Gasteiger partial charge in [-0.3, -0.25) is 4.18 Å². The minimum Gasteiger partial charge on any atom is -0.295 e. The van der Waals surface area contributed by atoms with Crippen LogP contribution in [0.5, 0.6) is 0 Å².